The van der Waals surface area contributed by atoms with E-state index in [9.17, 15) is 5.11 Å². The highest BCUT2D eigenvalue weighted by Crippen LogP contribution is 2.33. The molecule has 3 heteroatoms. The molecule has 0 saturated heterocycles. The Labute approximate surface area is 136 Å². The third-order valence-electron chi connectivity index (χ3n) is 4.25. The van der Waals surface area contributed by atoms with Crippen LogP contribution < -0.4 is 0 Å². The number of benzene rings is 2. The van der Waals surface area contributed by atoms with Crippen molar-refractivity contribution in [2.45, 2.75) is 19.9 Å². The lowest BCUT2D eigenvalue weighted by Crippen LogP contribution is -2.03. The Bertz CT molecular complexity index is 844. The SMILES string of the molecule is C=C(OC)c1ccc(Cn2c(CC)c(O)c3ccccc32)cc1. The van der Waals surface area contributed by atoms with Crippen LogP contribution in [-0.4, -0.2) is 16.8 Å². The summed E-state index contributed by atoms with van der Waals surface area (Å²) in [4.78, 5) is 0. The fourth-order valence-electron chi connectivity index (χ4n) is 2.97. The highest BCUT2D eigenvalue weighted by atomic mass is 16.5. The van der Waals surface area contributed by atoms with Crippen LogP contribution in [0.5, 0.6) is 5.75 Å². The van der Waals surface area contributed by atoms with Gasteiger partial charge in [-0.15, -0.1) is 0 Å². The monoisotopic (exact) mass is 307 g/mol. The Morgan fingerprint density at radius 3 is 2.48 bits per heavy atom. The van der Waals surface area contributed by atoms with Crippen molar-refractivity contribution in [1.29, 1.82) is 0 Å². The smallest absolute Gasteiger partial charge is 0.144 e. The van der Waals surface area contributed by atoms with Crippen LogP contribution >= 0.6 is 0 Å². The molecular weight excluding hydrogens is 286 g/mol. The molecule has 0 spiro atoms. The maximum absolute atomic E-state index is 10.4. The van der Waals surface area contributed by atoms with Crippen molar-refractivity contribution in [3.8, 4) is 5.75 Å². The van der Waals surface area contributed by atoms with Crippen LogP contribution in [-0.2, 0) is 17.7 Å². The fraction of sp³-hybridized carbons (Fsp3) is 0.200. The van der Waals surface area contributed by atoms with Gasteiger partial charge >= 0.3 is 0 Å². The van der Waals surface area contributed by atoms with Crippen LogP contribution in [0.2, 0.25) is 0 Å². The Morgan fingerprint density at radius 2 is 1.83 bits per heavy atom. The van der Waals surface area contributed by atoms with E-state index < -0.39 is 0 Å². The maximum atomic E-state index is 10.4. The van der Waals surface area contributed by atoms with E-state index in [4.69, 9.17) is 4.74 Å². The largest absolute Gasteiger partial charge is 0.505 e. The first-order valence-electron chi connectivity index (χ1n) is 7.77. The summed E-state index contributed by atoms with van der Waals surface area (Å²) in [6.45, 7) is 6.66. The summed E-state index contributed by atoms with van der Waals surface area (Å²) in [6, 6.07) is 16.1. The van der Waals surface area contributed by atoms with Crippen LogP contribution in [0.3, 0.4) is 0 Å². The van der Waals surface area contributed by atoms with Gasteiger partial charge in [-0.05, 0) is 24.1 Å². The van der Waals surface area contributed by atoms with Crippen LogP contribution in [0.25, 0.3) is 16.7 Å². The molecule has 3 nitrogen and oxygen atoms in total. The molecule has 23 heavy (non-hydrogen) atoms. The van der Waals surface area contributed by atoms with Gasteiger partial charge in [-0.1, -0.05) is 49.9 Å². The predicted molar refractivity (Wildman–Crippen MR) is 94.6 cm³/mol. The van der Waals surface area contributed by atoms with E-state index in [1.807, 2.05) is 30.3 Å². The summed E-state index contributed by atoms with van der Waals surface area (Å²) in [5.74, 6) is 1.06. The minimum absolute atomic E-state index is 0.396. The summed E-state index contributed by atoms with van der Waals surface area (Å²) in [7, 11) is 1.62. The van der Waals surface area contributed by atoms with E-state index in [0.29, 0.717) is 11.5 Å². The van der Waals surface area contributed by atoms with Gasteiger partial charge in [-0.3, -0.25) is 0 Å². The van der Waals surface area contributed by atoms with Crippen molar-refractivity contribution in [3.05, 3.63) is 71.9 Å². The standard InChI is InChI=1S/C20H21NO2/c1-4-18-20(22)17-7-5-6-8-19(17)21(18)13-15-9-11-16(12-10-15)14(2)23-3/h5-12,22H,2,4,13H2,1,3H3. The molecule has 0 saturated carbocycles. The first kappa shape index (κ1) is 15.2. The van der Waals surface area contributed by atoms with E-state index in [1.54, 1.807) is 7.11 Å². The van der Waals surface area contributed by atoms with Crippen molar-refractivity contribution in [2.75, 3.05) is 7.11 Å². The zero-order valence-corrected chi connectivity index (χ0v) is 13.5. The van der Waals surface area contributed by atoms with Gasteiger partial charge in [0.15, 0.2) is 0 Å². The molecule has 0 aliphatic rings. The molecule has 3 aromatic rings. The molecule has 0 atom stereocenters. The van der Waals surface area contributed by atoms with E-state index in [1.165, 1.54) is 5.56 Å². The summed E-state index contributed by atoms with van der Waals surface area (Å²) in [6.07, 6.45) is 0.791. The average molecular weight is 307 g/mol. The molecule has 0 bridgehead atoms. The maximum Gasteiger partial charge on any atom is 0.144 e. The second-order valence-corrected chi connectivity index (χ2v) is 5.58. The number of aromatic hydroxyl groups is 1. The number of para-hydroxylation sites is 1. The molecule has 3 rings (SSSR count). The van der Waals surface area contributed by atoms with Crippen LogP contribution in [0.15, 0.2) is 55.1 Å². The topological polar surface area (TPSA) is 34.4 Å². The number of hydrogen-bond donors (Lipinski definition) is 1. The van der Waals surface area contributed by atoms with Gasteiger partial charge in [-0.25, -0.2) is 0 Å². The normalized spacial score (nSPS) is 10.9. The lowest BCUT2D eigenvalue weighted by atomic mass is 10.1. The predicted octanol–water partition coefficient (Wildman–Crippen LogP) is 4.57. The Morgan fingerprint density at radius 1 is 1.13 bits per heavy atom. The highest BCUT2D eigenvalue weighted by molar-refractivity contribution is 5.88. The molecular formula is C20H21NO2. The van der Waals surface area contributed by atoms with Crippen LogP contribution in [0, 0.1) is 0 Å². The van der Waals surface area contributed by atoms with Crippen molar-refractivity contribution in [2.24, 2.45) is 0 Å². The average Bonchev–Trinajstić information content (AvgIpc) is 2.87. The molecule has 1 N–H and O–H groups in total. The second-order valence-electron chi connectivity index (χ2n) is 5.58. The quantitative estimate of drug-likeness (QED) is 0.700. The van der Waals surface area contributed by atoms with Gasteiger partial charge in [-0.2, -0.15) is 0 Å². The third kappa shape index (κ3) is 2.70. The van der Waals surface area contributed by atoms with Crippen molar-refractivity contribution in [3.63, 3.8) is 0 Å². The number of fused-ring (bicyclic) bond motifs is 1. The summed E-state index contributed by atoms with van der Waals surface area (Å²) < 4.78 is 7.34. The Hall–Kier alpha value is -2.68. The summed E-state index contributed by atoms with van der Waals surface area (Å²) in [5, 5.41) is 11.4. The molecule has 1 heterocycles. The zero-order chi connectivity index (χ0) is 16.4. The van der Waals surface area contributed by atoms with Crippen LogP contribution in [0.4, 0.5) is 0 Å². The number of rotatable bonds is 5. The molecule has 118 valence electrons. The van der Waals surface area contributed by atoms with Gasteiger partial charge in [0.25, 0.3) is 0 Å². The summed E-state index contributed by atoms with van der Waals surface area (Å²) in [5.41, 5.74) is 4.18. The van der Waals surface area contributed by atoms with E-state index in [0.717, 1.165) is 35.1 Å². The number of hydrogen-bond acceptors (Lipinski definition) is 2. The molecule has 2 aromatic carbocycles. The Balaban J connectivity index is 2.00. The Kier molecular flexibility index (Phi) is 4.11. The van der Waals surface area contributed by atoms with Gasteiger partial charge < -0.3 is 14.4 Å². The molecule has 0 amide bonds. The summed E-state index contributed by atoms with van der Waals surface area (Å²) >= 11 is 0. The van der Waals surface area contributed by atoms with Crippen molar-refractivity contribution >= 4 is 16.7 Å². The zero-order valence-electron chi connectivity index (χ0n) is 13.5. The van der Waals surface area contributed by atoms with Crippen molar-refractivity contribution in [1.82, 2.24) is 4.57 Å². The van der Waals surface area contributed by atoms with Gasteiger partial charge in [0, 0.05) is 17.5 Å². The molecule has 0 aliphatic carbocycles. The lowest BCUT2D eigenvalue weighted by molar-refractivity contribution is 0.371. The highest BCUT2D eigenvalue weighted by Gasteiger charge is 2.14. The van der Waals surface area contributed by atoms with Gasteiger partial charge in [0.05, 0.1) is 18.3 Å². The number of aromatic nitrogens is 1. The minimum Gasteiger partial charge on any atom is -0.505 e. The van der Waals surface area contributed by atoms with E-state index in [-0.39, 0.29) is 0 Å². The number of nitrogens with zero attached hydrogens (tertiary/aromatic N) is 1. The molecule has 1 aromatic heterocycles. The van der Waals surface area contributed by atoms with E-state index >= 15 is 0 Å². The second kappa shape index (κ2) is 6.21. The first-order chi connectivity index (χ1) is 11.2. The third-order valence-corrected chi connectivity index (χ3v) is 4.25. The minimum atomic E-state index is 0.396. The number of ether oxygens (including phenoxy) is 1. The lowest BCUT2D eigenvalue weighted by Gasteiger charge is -2.11. The van der Waals surface area contributed by atoms with Crippen molar-refractivity contribution < 1.29 is 9.84 Å². The number of methoxy groups -OCH3 is 1. The molecule has 0 unspecified atom stereocenters. The van der Waals surface area contributed by atoms with E-state index in [2.05, 4.69) is 36.3 Å². The first-order valence-corrected chi connectivity index (χ1v) is 7.77. The van der Waals surface area contributed by atoms with Gasteiger partial charge in [0.1, 0.15) is 11.5 Å². The molecule has 0 fully saturated rings. The fourth-order valence-corrected chi connectivity index (χ4v) is 2.97. The molecule has 0 aliphatic heterocycles. The van der Waals surface area contributed by atoms with Crippen LogP contribution in [0.1, 0.15) is 23.7 Å². The molecule has 0 radical (unpaired) electrons. The van der Waals surface area contributed by atoms with Gasteiger partial charge in [0.2, 0.25) is 0 Å².